The number of rotatable bonds is 7. The topological polar surface area (TPSA) is 49.8 Å². The number of allylic oxidation sites excluding steroid dienone is 3. The first-order valence-electron chi connectivity index (χ1n) is 7.58. The molecule has 1 aliphatic rings. The van der Waals surface area contributed by atoms with E-state index in [1.54, 1.807) is 18.2 Å². The average Bonchev–Trinajstić information content (AvgIpc) is 3.26. The van der Waals surface area contributed by atoms with Crippen molar-refractivity contribution in [2.75, 3.05) is 0 Å². The number of benzene rings is 1. The fourth-order valence-electron chi connectivity index (χ4n) is 2.39. The lowest BCUT2D eigenvalue weighted by molar-refractivity contribution is 0.111. The van der Waals surface area contributed by atoms with Crippen LogP contribution in [-0.4, -0.2) is 11.4 Å². The molecule has 0 radical (unpaired) electrons. The van der Waals surface area contributed by atoms with E-state index in [4.69, 9.17) is 4.74 Å². The third-order valence-electron chi connectivity index (χ3n) is 3.59. The minimum Gasteiger partial charge on any atom is -0.449 e. The molecule has 1 aromatic carbocycles. The van der Waals surface area contributed by atoms with Crippen LogP contribution in [0.15, 0.2) is 59.1 Å². The second-order valence-electron chi connectivity index (χ2n) is 5.55. The molecule has 1 N–H and O–H groups in total. The molecule has 116 valence electrons. The van der Waals surface area contributed by atoms with Gasteiger partial charge >= 0.3 is 0 Å². The molecule has 0 fully saturated rings. The third kappa shape index (κ3) is 3.55. The van der Waals surface area contributed by atoms with Crippen LogP contribution < -0.4 is 0 Å². The van der Waals surface area contributed by atoms with Crippen molar-refractivity contribution < 1.29 is 14.6 Å². The van der Waals surface area contributed by atoms with E-state index < -0.39 is 6.10 Å². The lowest BCUT2D eigenvalue weighted by Gasteiger charge is -2.15. The predicted octanol–water partition coefficient (Wildman–Crippen LogP) is 4.47. The van der Waals surface area contributed by atoms with E-state index in [0.29, 0.717) is 11.1 Å². The molecular weight excluding hydrogens is 276 g/mol. The summed E-state index contributed by atoms with van der Waals surface area (Å²) >= 11 is 0. The Labute approximate surface area is 131 Å². The van der Waals surface area contributed by atoms with E-state index in [1.165, 1.54) is 0 Å². The molecule has 3 heteroatoms. The first-order valence-corrected chi connectivity index (χ1v) is 7.58. The summed E-state index contributed by atoms with van der Waals surface area (Å²) in [7, 11) is 0. The van der Waals surface area contributed by atoms with Gasteiger partial charge in [-0.2, -0.15) is 0 Å². The zero-order chi connectivity index (χ0) is 16.1. The summed E-state index contributed by atoms with van der Waals surface area (Å²) in [6.45, 7) is 5.99. The van der Waals surface area contributed by atoms with Crippen molar-refractivity contribution in [3.8, 4) is 0 Å². The van der Waals surface area contributed by atoms with Gasteiger partial charge in [-0.25, -0.2) is 0 Å². The Bertz CT molecular complexity index is 646. The van der Waals surface area contributed by atoms with Crippen molar-refractivity contribution in [1.82, 2.24) is 0 Å². The third-order valence-corrected chi connectivity index (χ3v) is 3.59. The maximum atomic E-state index is 11.2. The molecular formula is C19H22O3. The summed E-state index contributed by atoms with van der Waals surface area (Å²) in [5.41, 5.74) is 2.82. The van der Waals surface area contributed by atoms with Crippen LogP contribution in [0, 0.1) is 0 Å². The lowest BCUT2D eigenvalue weighted by Crippen LogP contribution is -2.06. The molecule has 0 amide bonds. The van der Waals surface area contributed by atoms with Crippen LogP contribution in [0.2, 0.25) is 0 Å². The minimum absolute atomic E-state index is 0.498. The molecule has 0 bridgehead atoms. The van der Waals surface area contributed by atoms with Crippen LogP contribution in [0.25, 0.3) is 0 Å². The highest BCUT2D eigenvalue weighted by Crippen LogP contribution is 2.42. The van der Waals surface area contributed by atoms with Gasteiger partial charge < -0.3 is 9.84 Å². The van der Waals surface area contributed by atoms with E-state index in [0.717, 1.165) is 41.8 Å². The van der Waals surface area contributed by atoms with Crippen molar-refractivity contribution in [3.63, 3.8) is 0 Å². The fraction of sp³-hybridized carbons (Fsp3) is 0.316. The van der Waals surface area contributed by atoms with Crippen molar-refractivity contribution in [2.24, 2.45) is 0 Å². The zero-order valence-corrected chi connectivity index (χ0v) is 13.3. The van der Waals surface area contributed by atoms with Crippen LogP contribution in [0.4, 0.5) is 0 Å². The van der Waals surface area contributed by atoms with Crippen LogP contribution in [0.3, 0.4) is 0 Å². The Morgan fingerprint density at radius 1 is 1.32 bits per heavy atom. The van der Waals surface area contributed by atoms with Gasteiger partial charge in [0.05, 0.1) is 0 Å². The predicted molar refractivity (Wildman–Crippen MR) is 87.3 cm³/mol. The maximum Gasteiger partial charge on any atom is 0.176 e. The summed E-state index contributed by atoms with van der Waals surface area (Å²) in [6, 6.07) is 7.08. The van der Waals surface area contributed by atoms with Crippen LogP contribution >= 0.6 is 0 Å². The van der Waals surface area contributed by atoms with E-state index in [2.05, 4.69) is 13.0 Å². The molecule has 1 atom stereocenters. The number of carbonyl (C=O) groups is 1. The van der Waals surface area contributed by atoms with Gasteiger partial charge in [-0.1, -0.05) is 49.3 Å². The normalized spacial score (nSPS) is 14.7. The van der Waals surface area contributed by atoms with Crippen LogP contribution in [0.5, 0.6) is 0 Å². The van der Waals surface area contributed by atoms with Gasteiger partial charge in [-0.15, -0.1) is 0 Å². The molecule has 1 heterocycles. The fourth-order valence-corrected chi connectivity index (χ4v) is 2.39. The number of aliphatic hydroxyl groups is 1. The van der Waals surface area contributed by atoms with Gasteiger partial charge in [0.25, 0.3) is 0 Å². The second-order valence-corrected chi connectivity index (χ2v) is 5.55. The van der Waals surface area contributed by atoms with E-state index in [1.807, 2.05) is 26.0 Å². The number of hydrogen-bond donors (Lipinski definition) is 1. The molecule has 0 spiro atoms. The van der Waals surface area contributed by atoms with Gasteiger partial charge in [0.15, 0.2) is 11.5 Å². The Morgan fingerprint density at radius 2 is 2.05 bits per heavy atom. The molecule has 3 nitrogen and oxygen atoms in total. The maximum absolute atomic E-state index is 11.2. The quantitative estimate of drug-likeness (QED) is 0.756. The van der Waals surface area contributed by atoms with E-state index >= 15 is 0 Å². The van der Waals surface area contributed by atoms with Gasteiger partial charge in [-0.3, -0.25) is 4.79 Å². The molecule has 1 unspecified atom stereocenters. The summed E-state index contributed by atoms with van der Waals surface area (Å²) in [5.74, 6) is 1.52. The molecule has 0 saturated carbocycles. The molecule has 0 aliphatic carbocycles. The standard InChI is InChI=1S/C19H22O3/c1-4-5-6-11-16-19(22-16)17(13(2)3)18(21)15-10-8-7-9-14(15)12-20/h6-12,18,21H,4-5H2,1-3H3/b11-6+. The lowest BCUT2D eigenvalue weighted by atomic mass is 9.94. The first-order chi connectivity index (χ1) is 10.6. The van der Waals surface area contributed by atoms with Gasteiger partial charge in [0.2, 0.25) is 0 Å². The number of aliphatic hydroxyl groups excluding tert-OH is 1. The average molecular weight is 298 g/mol. The number of aldehydes is 1. The number of ether oxygens (including phenoxy) is 1. The number of unbranched alkanes of at least 4 members (excludes halogenated alkanes) is 1. The number of carbonyl (C=O) groups excluding carboxylic acids is 1. The van der Waals surface area contributed by atoms with E-state index in [-0.39, 0.29) is 0 Å². The summed E-state index contributed by atoms with van der Waals surface area (Å²) in [6.07, 6.45) is 6.01. The summed E-state index contributed by atoms with van der Waals surface area (Å²) in [5, 5.41) is 10.7. The van der Waals surface area contributed by atoms with Crippen molar-refractivity contribution >= 4 is 6.29 Å². The summed E-state index contributed by atoms with van der Waals surface area (Å²) in [4.78, 5) is 11.2. The van der Waals surface area contributed by atoms with Gasteiger partial charge in [0, 0.05) is 11.1 Å². The summed E-state index contributed by atoms with van der Waals surface area (Å²) < 4.78 is 5.54. The Morgan fingerprint density at radius 3 is 2.68 bits per heavy atom. The monoisotopic (exact) mass is 298 g/mol. The Balaban J connectivity index is 2.31. The number of hydrogen-bond acceptors (Lipinski definition) is 3. The highest BCUT2D eigenvalue weighted by atomic mass is 16.6. The molecule has 1 aliphatic heterocycles. The van der Waals surface area contributed by atoms with Crippen molar-refractivity contribution in [3.05, 3.63) is 70.2 Å². The molecule has 1 aromatic rings. The molecule has 2 rings (SSSR count). The zero-order valence-electron chi connectivity index (χ0n) is 13.3. The van der Waals surface area contributed by atoms with Crippen molar-refractivity contribution in [1.29, 1.82) is 0 Å². The van der Waals surface area contributed by atoms with E-state index in [9.17, 15) is 9.90 Å². The molecule has 0 saturated heterocycles. The van der Waals surface area contributed by atoms with Crippen LogP contribution in [0.1, 0.15) is 55.6 Å². The van der Waals surface area contributed by atoms with Crippen molar-refractivity contribution in [2.45, 2.75) is 39.7 Å². The highest BCUT2D eigenvalue weighted by Gasteiger charge is 2.32. The minimum atomic E-state index is -0.863. The smallest absolute Gasteiger partial charge is 0.176 e. The largest absolute Gasteiger partial charge is 0.449 e. The molecule has 22 heavy (non-hydrogen) atoms. The highest BCUT2D eigenvalue weighted by molar-refractivity contribution is 5.78. The van der Waals surface area contributed by atoms with Crippen LogP contribution in [-0.2, 0) is 4.74 Å². The SMILES string of the molecule is CCC/C=C/C1=C(C(=C(C)C)C(O)c2ccccc2C=O)O1. The van der Waals surface area contributed by atoms with Gasteiger partial charge in [-0.05, 0) is 31.9 Å². The first kappa shape index (κ1) is 16.2. The van der Waals surface area contributed by atoms with Gasteiger partial charge in [0.1, 0.15) is 12.4 Å². The Kier molecular flexibility index (Phi) is 5.34. The second kappa shape index (κ2) is 7.23. The molecule has 0 aromatic heterocycles. The Hall–Kier alpha value is -2.13.